The van der Waals surface area contributed by atoms with Crippen molar-refractivity contribution in [3.8, 4) is 0 Å². The maximum Gasteiger partial charge on any atom is 0.321 e. The summed E-state index contributed by atoms with van der Waals surface area (Å²) < 4.78 is 5.38. The third kappa shape index (κ3) is 5.12. The van der Waals surface area contributed by atoms with E-state index in [4.69, 9.17) is 4.74 Å². The Morgan fingerprint density at radius 2 is 1.80 bits per heavy atom. The van der Waals surface area contributed by atoms with Gasteiger partial charge in [0.15, 0.2) is 0 Å². The second-order valence-electron chi connectivity index (χ2n) is 8.43. The number of nitrogens with one attached hydrogen (secondary N) is 3. The predicted molar refractivity (Wildman–Crippen MR) is 99.2 cm³/mol. The normalized spacial score (nSPS) is 24.0. The molecule has 25 heavy (non-hydrogen) atoms. The number of nitrogens with zero attached hydrogens (tertiary/aromatic N) is 2. The fourth-order valence-electron chi connectivity index (χ4n) is 4.14. The highest BCUT2D eigenvalue weighted by Crippen LogP contribution is 2.31. The van der Waals surface area contributed by atoms with Crippen molar-refractivity contribution in [3.63, 3.8) is 0 Å². The summed E-state index contributed by atoms with van der Waals surface area (Å²) >= 11 is 1.47. The SMILES string of the molecule is CC1(C)CC(NC(=O)Nc2nnc(C3CCOCC3)s2)CC(C)(C)N1. The van der Waals surface area contributed by atoms with Gasteiger partial charge in [0, 0.05) is 36.3 Å². The first-order valence-electron chi connectivity index (χ1n) is 9.00. The van der Waals surface area contributed by atoms with Gasteiger partial charge in [-0.05, 0) is 53.4 Å². The van der Waals surface area contributed by atoms with Gasteiger partial charge in [-0.3, -0.25) is 5.32 Å². The van der Waals surface area contributed by atoms with Crippen LogP contribution in [0.3, 0.4) is 0 Å². The van der Waals surface area contributed by atoms with Crippen LogP contribution in [0.2, 0.25) is 0 Å². The van der Waals surface area contributed by atoms with Gasteiger partial charge in [-0.15, -0.1) is 10.2 Å². The van der Waals surface area contributed by atoms with Crippen LogP contribution in [-0.4, -0.2) is 46.6 Å². The highest BCUT2D eigenvalue weighted by molar-refractivity contribution is 7.15. The molecule has 0 radical (unpaired) electrons. The minimum Gasteiger partial charge on any atom is -0.381 e. The number of hydrogen-bond acceptors (Lipinski definition) is 6. The quantitative estimate of drug-likeness (QED) is 0.764. The lowest BCUT2D eigenvalue weighted by Gasteiger charge is -2.46. The Balaban J connectivity index is 1.55. The first kappa shape index (κ1) is 18.5. The van der Waals surface area contributed by atoms with Gasteiger partial charge in [0.2, 0.25) is 5.13 Å². The van der Waals surface area contributed by atoms with Crippen molar-refractivity contribution in [3.05, 3.63) is 5.01 Å². The second-order valence-corrected chi connectivity index (χ2v) is 9.44. The Kier molecular flexibility index (Phi) is 5.31. The summed E-state index contributed by atoms with van der Waals surface area (Å²) in [6.07, 6.45) is 3.74. The van der Waals surface area contributed by atoms with Crippen molar-refractivity contribution in [2.75, 3.05) is 18.5 Å². The molecule has 0 saturated carbocycles. The average Bonchev–Trinajstić information content (AvgIpc) is 2.93. The van der Waals surface area contributed by atoms with E-state index in [9.17, 15) is 4.79 Å². The van der Waals surface area contributed by atoms with Gasteiger partial charge in [0.1, 0.15) is 5.01 Å². The number of carbonyl (C=O) groups excluding carboxylic acids is 1. The number of amides is 2. The maximum absolute atomic E-state index is 12.4. The van der Waals surface area contributed by atoms with Gasteiger partial charge in [-0.2, -0.15) is 0 Å². The summed E-state index contributed by atoms with van der Waals surface area (Å²) in [5, 5.41) is 19.5. The monoisotopic (exact) mass is 367 g/mol. The second kappa shape index (κ2) is 7.17. The Hall–Kier alpha value is -1.25. The standard InChI is InChI=1S/C17H29N5O2S/c1-16(2)9-12(10-17(3,4)22-16)18-14(23)19-15-21-20-13(25-15)11-5-7-24-8-6-11/h11-12,22H,5-10H2,1-4H3,(H2,18,19,21,23). The molecular weight excluding hydrogens is 338 g/mol. The number of hydrogen-bond donors (Lipinski definition) is 3. The topological polar surface area (TPSA) is 88.2 Å². The maximum atomic E-state index is 12.4. The fourth-order valence-corrected chi connectivity index (χ4v) is 5.05. The molecule has 1 aromatic rings. The van der Waals surface area contributed by atoms with E-state index in [-0.39, 0.29) is 23.2 Å². The van der Waals surface area contributed by atoms with Crippen molar-refractivity contribution in [2.45, 2.75) is 76.4 Å². The minimum atomic E-state index is -0.201. The first-order chi connectivity index (χ1) is 11.7. The Labute approximate surface area is 153 Å². The summed E-state index contributed by atoms with van der Waals surface area (Å²) in [5.74, 6) is 0.399. The number of anilines is 1. The lowest BCUT2D eigenvalue weighted by molar-refractivity contribution is 0.0851. The largest absolute Gasteiger partial charge is 0.381 e. The molecule has 0 bridgehead atoms. The van der Waals surface area contributed by atoms with E-state index in [0.29, 0.717) is 11.0 Å². The predicted octanol–water partition coefficient (Wildman–Crippen LogP) is 2.86. The van der Waals surface area contributed by atoms with E-state index in [2.05, 4.69) is 53.8 Å². The third-order valence-corrected chi connectivity index (χ3v) is 5.76. The third-order valence-electron chi connectivity index (χ3n) is 4.76. The van der Waals surface area contributed by atoms with Crippen LogP contribution in [0.5, 0.6) is 0 Å². The van der Waals surface area contributed by atoms with Crippen LogP contribution < -0.4 is 16.0 Å². The Morgan fingerprint density at radius 3 is 2.44 bits per heavy atom. The molecule has 140 valence electrons. The van der Waals surface area contributed by atoms with Crippen LogP contribution in [0.1, 0.15) is 64.3 Å². The van der Waals surface area contributed by atoms with Crippen LogP contribution in [-0.2, 0) is 4.74 Å². The molecule has 2 saturated heterocycles. The van der Waals surface area contributed by atoms with E-state index in [0.717, 1.165) is 43.9 Å². The molecule has 3 heterocycles. The van der Waals surface area contributed by atoms with Gasteiger partial charge in [-0.1, -0.05) is 11.3 Å². The summed E-state index contributed by atoms with van der Waals surface area (Å²) in [7, 11) is 0. The zero-order valence-corrected chi connectivity index (χ0v) is 16.3. The van der Waals surface area contributed by atoms with Crippen LogP contribution in [0, 0.1) is 0 Å². The molecule has 0 aliphatic carbocycles. The number of ether oxygens (including phenoxy) is 1. The molecule has 3 rings (SSSR count). The highest BCUT2D eigenvalue weighted by atomic mass is 32.1. The van der Waals surface area contributed by atoms with Crippen molar-refractivity contribution in [2.24, 2.45) is 0 Å². The zero-order chi connectivity index (χ0) is 18.1. The minimum absolute atomic E-state index is 0.00133. The number of piperidine rings is 1. The summed E-state index contributed by atoms with van der Waals surface area (Å²) in [5.41, 5.74) is -0.00266. The molecule has 8 heteroatoms. The van der Waals surface area contributed by atoms with Crippen molar-refractivity contribution in [1.82, 2.24) is 20.8 Å². The van der Waals surface area contributed by atoms with Gasteiger partial charge in [0.25, 0.3) is 0 Å². The Bertz CT molecular complexity index is 594. The van der Waals surface area contributed by atoms with E-state index in [1.54, 1.807) is 0 Å². The fraction of sp³-hybridized carbons (Fsp3) is 0.824. The molecule has 7 nitrogen and oxygen atoms in total. The number of rotatable bonds is 3. The molecule has 2 amide bonds. The summed E-state index contributed by atoms with van der Waals surface area (Å²) in [6.45, 7) is 10.2. The highest BCUT2D eigenvalue weighted by Gasteiger charge is 2.38. The number of urea groups is 1. The van der Waals surface area contributed by atoms with Gasteiger partial charge in [-0.25, -0.2) is 4.79 Å². The van der Waals surface area contributed by atoms with E-state index in [1.807, 2.05) is 0 Å². The molecule has 0 aromatic carbocycles. The van der Waals surface area contributed by atoms with Gasteiger partial charge >= 0.3 is 6.03 Å². The number of carbonyl (C=O) groups is 1. The molecular formula is C17H29N5O2S. The van der Waals surface area contributed by atoms with Crippen LogP contribution in [0.15, 0.2) is 0 Å². The van der Waals surface area contributed by atoms with Crippen LogP contribution in [0.4, 0.5) is 9.93 Å². The molecule has 2 fully saturated rings. The summed E-state index contributed by atoms with van der Waals surface area (Å²) in [4.78, 5) is 12.4. The van der Waals surface area contributed by atoms with E-state index >= 15 is 0 Å². The molecule has 1 aromatic heterocycles. The molecule has 3 N–H and O–H groups in total. The van der Waals surface area contributed by atoms with Crippen LogP contribution in [0.25, 0.3) is 0 Å². The molecule has 2 aliphatic rings. The van der Waals surface area contributed by atoms with E-state index in [1.165, 1.54) is 11.3 Å². The van der Waals surface area contributed by atoms with Crippen molar-refractivity contribution >= 4 is 22.5 Å². The summed E-state index contributed by atoms with van der Waals surface area (Å²) in [6, 6.07) is -0.0673. The first-order valence-corrected chi connectivity index (χ1v) is 9.82. The Morgan fingerprint density at radius 1 is 1.16 bits per heavy atom. The van der Waals surface area contributed by atoms with Crippen LogP contribution >= 0.6 is 11.3 Å². The van der Waals surface area contributed by atoms with E-state index < -0.39 is 0 Å². The van der Waals surface area contributed by atoms with Crippen molar-refractivity contribution in [1.29, 1.82) is 0 Å². The lowest BCUT2D eigenvalue weighted by Crippen LogP contribution is -2.62. The molecule has 0 atom stereocenters. The lowest BCUT2D eigenvalue weighted by atomic mass is 9.80. The zero-order valence-electron chi connectivity index (χ0n) is 15.5. The number of aromatic nitrogens is 2. The van der Waals surface area contributed by atoms with Gasteiger partial charge in [0.05, 0.1) is 0 Å². The van der Waals surface area contributed by atoms with Gasteiger partial charge < -0.3 is 15.4 Å². The molecule has 0 spiro atoms. The molecule has 2 aliphatic heterocycles. The molecule has 0 unspecified atom stereocenters. The smallest absolute Gasteiger partial charge is 0.321 e. The van der Waals surface area contributed by atoms with Crippen molar-refractivity contribution < 1.29 is 9.53 Å². The average molecular weight is 368 g/mol.